The molecule has 4 rings (SSSR count). The van der Waals surface area contributed by atoms with E-state index in [1.54, 1.807) is 0 Å². The van der Waals surface area contributed by atoms with E-state index in [1.165, 1.54) is 0 Å². The van der Waals surface area contributed by atoms with Crippen molar-refractivity contribution in [3.63, 3.8) is 0 Å². The van der Waals surface area contributed by atoms with Gasteiger partial charge in [0.25, 0.3) is 0 Å². The fourth-order valence-electron chi connectivity index (χ4n) is 4.29. The van der Waals surface area contributed by atoms with Crippen LogP contribution in [0.5, 0.6) is 0 Å². The number of hydrogen-bond donors (Lipinski definition) is 2. The summed E-state index contributed by atoms with van der Waals surface area (Å²) in [5, 5.41) is 2.93. The Morgan fingerprint density at radius 1 is 0.862 bits per heavy atom. The van der Waals surface area contributed by atoms with E-state index in [1.807, 2.05) is 80.6 Å². The molecule has 3 N–H and O–H groups in total. The van der Waals surface area contributed by atoms with Crippen molar-refractivity contribution in [2.24, 2.45) is 5.73 Å². The monoisotopic (exact) mass is 384 g/mol. The number of amides is 2. The first-order chi connectivity index (χ1) is 14.0. The molecule has 0 spiro atoms. The lowest BCUT2D eigenvalue weighted by Gasteiger charge is -2.21. The third kappa shape index (κ3) is 3.42. The Labute approximate surface area is 170 Å². The Morgan fingerprint density at radius 3 is 1.90 bits per heavy atom. The van der Waals surface area contributed by atoms with Crippen LogP contribution in [-0.2, 0) is 16.0 Å². The highest BCUT2D eigenvalue weighted by Crippen LogP contribution is 2.44. The van der Waals surface area contributed by atoms with Crippen LogP contribution >= 0.6 is 0 Å². The van der Waals surface area contributed by atoms with Crippen LogP contribution in [0.3, 0.4) is 0 Å². The van der Waals surface area contributed by atoms with E-state index in [2.05, 4.69) is 5.32 Å². The average Bonchev–Trinajstić information content (AvgIpc) is 3.04. The molecule has 2 amide bonds. The maximum absolute atomic E-state index is 13.3. The van der Waals surface area contributed by atoms with Gasteiger partial charge in [-0.25, -0.2) is 0 Å². The van der Waals surface area contributed by atoms with Gasteiger partial charge in [-0.05, 0) is 52.8 Å². The molecule has 0 heterocycles. The van der Waals surface area contributed by atoms with Gasteiger partial charge in [-0.2, -0.15) is 0 Å². The van der Waals surface area contributed by atoms with Gasteiger partial charge in [-0.15, -0.1) is 0 Å². The van der Waals surface area contributed by atoms with Crippen molar-refractivity contribution < 1.29 is 9.59 Å². The van der Waals surface area contributed by atoms with Crippen molar-refractivity contribution in [3.05, 3.63) is 94.5 Å². The zero-order valence-electron chi connectivity index (χ0n) is 16.6. The molecule has 4 heteroatoms. The minimum absolute atomic E-state index is 0.197. The van der Waals surface area contributed by atoms with Crippen LogP contribution < -0.4 is 11.1 Å². The molecule has 0 aliphatic heterocycles. The highest BCUT2D eigenvalue weighted by atomic mass is 16.2. The van der Waals surface area contributed by atoms with Gasteiger partial charge in [-0.1, -0.05) is 66.7 Å². The molecule has 146 valence electrons. The summed E-state index contributed by atoms with van der Waals surface area (Å²) in [4.78, 5) is 25.5. The topological polar surface area (TPSA) is 72.2 Å². The lowest BCUT2D eigenvalue weighted by atomic mass is 9.93. The molecule has 3 aromatic rings. The number of rotatable bonds is 5. The molecule has 0 bridgehead atoms. The van der Waals surface area contributed by atoms with E-state index in [0.717, 1.165) is 38.9 Å². The summed E-state index contributed by atoms with van der Waals surface area (Å²) in [7, 11) is 0. The van der Waals surface area contributed by atoms with Gasteiger partial charge >= 0.3 is 0 Å². The fraction of sp³-hybridized carbons (Fsp3) is 0.200. The maximum atomic E-state index is 13.3. The van der Waals surface area contributed by atoms with E-state index in [0.29, 0.717) is 6.42 Å². The minimum atomic E-state index is -0.762. The van der Waals surface area contributed by atoms with E-state index in [4.69, 9.17) is 5.73 Å². The van der Waals surface area contributed by atoms with Gasteiger partial charge in [0.05, 0.1) is 5.92 Å². The van der Waals surface area contributed by atoms with Gasteiger partial charge in [0.1, 0.15) is 6.04 Å². The lowest BCUT2D eigenvalue weighted by Crippen LogP contribution is -2.47. The number of carbonyl (C=O) groups is 2. The third-order valence-corrected chi connectivity index (χ3v) is 5.81. The van der Waals surface area contributed by atoms with Gasteiger partial charge < -0.3 is 11.1 Å². The number of carbonyl (C=O) groups excluding carboxylic acids is 2. The molecule has 4 nitrogen and oxygen atoms in total. The van der Waals surface area contributed by atoms with Gasteiger partial charge in [0.2, 0.25) is 11.8 Å². The first kappa shape index (κ1) is 18.9. The number of primary amides is 1. The molecular formula is C25H24N2O2. The first-order valence-corrected chi connectivity index (χ1v) is 9.80. The van der Waals surface area contributed by atoms with Crippen LogP contribution in [0.15, 0.2) is 66.7 Å². The standard InChI is InChI=1S/C25H24N2O2/c1-15-8-7-9-16(2)21(15)14-22(24(26)28)27-25(29)23-19-12-5-3-10-17(19)18-11-4-6-13-20(18)23/h3-13,22-23H,14H2,1-2H3,(H2,26,28)(H,27,29)/t22-/m0/s1. The van der Waals surface area contributed by atoms with Crippen LogP contribution in [0.2, 0.25) is 0 Å². The molecule has 1 aliphatic carbocycles. The molecule has 1 aliphatic rings. The Kier molecular flexibility index (Phi) is 4.93. The zero-order valence-corrected chi connectivity index (χ0v) is 16.6. The van der Waals surface area contributed by atoms with Crippen molar-refractivity contribution in [2.45, 2.75) is 32.2 Å². The third-order valence-electron chi connectivity index (χ3n) is 5.81. The quantitative estimate of drug-likeness (QED) is 0.705. The lowest BCUT2D eigenvalue weighted by molar-refractivity contribution is -0.127. The number of benzene rings is 3. The summed E-state index contributed by atoms with van der Waals surface area (Å²) >= 11 is 0. The summed E-state index contributed by atoms with van der Waals surface area (Å²) in [6.07, 6.45) is 0.385. The summed E-state index contributed by atoms with van der Waals surface area (Å²) in [5.41, 5.74) is 12.9. The Bertz CT molecular complexity index is 1040. The molecule has 0 aromatic heterocycles. The second kappa shape index (κ2) is 7.55. The minimum Gasteiger partial charge on any atom is -0.368 e. The molecular weight excluding hydrogens is 360 g/mol. The highest BCUT2D eigenvalue weighted by molar-refractivity contribution is 5.98. The number of hydrogen-bond acceptors (Lipinski definition) is 2. The average molecular weight is 384 g/mol. The molecule has 1 atom stereocenters. The van der Waals surface area contributed by atoms with Crippen LogP contribution in [-0.4, -0.2) is 17.9 Å². The second-order valence-electron chi connectivity index (χ2n) is 7.65. The van der Waals surface area contributed by atoms with E-state index in [9.17, 15) is 9.59 Å². The molecule has 3 aromatic carbocycles. The SMILES string of the molecule is Cc1cccc(C)c1C[C@H](NC(=O)C1c2ccccc2-c2ccccc21)C(N)=O. The van der Waals surface area contributed by atoms with Crippen LogP contribution in [0.4, 0.5) is 0 Å². The Balaban J connectivity index is 1.65. The van der Waals surface area contributed by atoms with Crippen LogP contribution in [0.25, 0.3) is 11.1 Å². The predicted octanol–water partition coefficient (Wildman–Crippen LogP) is 3.63. The van der Waals surface area contributed by atoms with Gasteiger partial charge in [0.15, 0.2) is 0 Å². The molecule has 0 saturated heterocycles. The molecule has 0 fully saturated rings. The first-order valence-electron chi connectivity index (χ1n) is 9.80. The predicted molar refractivity (Wildman–Crippen MR) is 114 cm³/mol. The van der Waals surface area contributed by atoms with E-state index < -0.39 is 17.9 Å². The van der Waals surface area contributed by atoms with Gasteiger partial charge in [-0.3, -0.25) is 9.59 Å². The van der Waals surface area contributed by atoms with Crippen LogP contribution in [0.1, 0.15) is 33.7 Å². The van der Waals surface area contributed by atoms with E-state index >= 15 is 0 Å². The normalized spacial score (nSPS) is 13.4. The smallest absolute Gasteiger partial charge is 0.240 e. The largest absolute Gasteiger partial charge is 0.368 e. The van der Waals surface area contributed by atoms with E-state index in [-0.39, 0.29) is 5.91 Å². The van der Waals surface area contributed by atoms with Crippen molar-refractivity contribution in [2.75, 3.05) is 0 Å². The number of aryl methyl sites for hydroxylation is 2. The summed E-state index contributed by atoms with van der Waals surface area (Å²) < 4.78 is 0. The second-order valence-corrected chi connectivity index (χ2v) is 7.65. The maximum Gasteiger partial charge on any atom is 0.240 e. The zero-order chi connectivity index (χ0) is 20.5. The molecule has 0 unspecified atom stereocenters. The fourth-order valence-corrected chi connectivity index (χ4v) is 4.29. The molecule has 0 saturated carbocycles. The molecule has 0 radical (unpaired) electrons. The van der Waals surface area contributed by atoms with Crippen LogP contribution in [0, 0.1) is 13.8 Å². The van der Waals surface area contributed by atoms with Crippen molar-refractivity contribution in [3.8, 4) is 11.1 Å². The summed E-state index contributed by atoms with van der Waals surface area (Å²) in [6.45, 7) is 4.01. The van der Waals surface area contributed by atoms with Gasteiger partial charge in [0, 0.05) is 6.42 Å². The molecule has 29 heavy (non-hydrogen) atoms. The number of nitrogens with one attached hydrogen (secondary N) is 1. The number of nitrogens with two attached hydrogens (primary N) is 1. The summed E-state index contributed by atoms with van der Waals surface area (Å²) in [6, 6.07) is 21.1. The Morgan fingerprint density at radius 2 is 1.38 bits per heavy atom. The van der Waals surface area contributed by atoms with Crippen molar-refractivity contribution >= 4 is 11.8 Å². The highest BCUT2D eigenvalue weighted by Gasteiger charge is 2.35. The Hall–Kier alpha value is -3.40. The van der Waals surface area contributed by atoms with Crippen molar-refractivity contribution in [1.29, 1.82) is 0 Å². The number of fused-ring (bicyclic) bond motifs is 3. The summed E-state index contributed by atoms with van der Waals surface area (Å²) in [5.74, 6) is -1.17. The van der Waals surface area contributed by atoms with Crippen molar-refractivity contribution in [1.82, 2.24) is 5.32 Å².